The number of hydrogen-bond donors (Lipinski definition) is 2. The van der Waals surface area contributed by atoms with Crippen molar-refractivity contribution in [3.8, 4) is 16.9 Å². The maximum Gasteiger partial charge on any atom is 0.270 e. The maximum absolute atomic E-state index is 12.8. The molecule has 1 heterocycles. The second-order valence-corrected chi connectivity index (χ2v) is 7.88. The quantitative estimate of drug-likeness (QED) is 0.144. The molecule has 0 saturated carbocycles. The molecule has 1 aliphatic heterocycles. The first-order valence-electron chi connectivity index (χ1n) is 9.84. The first-order chi connectivity index (χ1) is 16.4. The molecule has 2 N–H and O–H groups in total. The van der Waals surface area contributed by atoms with Crippen LogP contribution in [0.5, 0.6) is 5.75 Å². The Hall–Kier alpha value is -4.62. The highest BCUT2D eigenvalue weighted by atomic mass is 32.2. The number of thioether (sulfide) groups is 1. The lowest BCUT2D eigenvalue weighted by Gasteiger charge is -2.10. The summed E-state index contributed by atoms with van der Waals surface area (Å²) in [6.45, 7) is -0.147. The summed E-state index contributed by atoms with van der Waals surface area (Å²) in [5.41, 5.74) is 0.482. The molecule has 0 radical (unpaired) electrons. The number of anilines is 1. The van der Waals surface area contributed by atoms with Gasteiger partial charge < -0.3 is 10.4 Å². The topological polar surface area (TPSA) is 130 Å². The number of phenolic OH excluding ortho intramolecular Hbond substituents is 1. The van der Waals surface area contributed by atoms with E-state index in [0.717, 1.165) is 22.7 Å². The smallest absolute Gasteiger partial charge is 0.270 e. The Morgan fingerprint density at radius 2 is 1.68 bits per heavy atom. The van der Waals surface area contributed by atoms with Crippen LogP contribution in [-0.2, 0) is 0 Å². The van der Waals surface area contributed by atoms with Gasteiger partial charge in [0, 0.05) is 17.0 Å². The Bertz CT molecular complexity index is 1370. The first-order valence-corrected chi connectivity index (χ1v) is 10.7. The zero-order chi connectivity index (χ0) is 24.2. The number of benzene rings is 3. The second kappa shape index (κ2) is 9.48. The molecular weight excluding hydrogens is 458 g/mol. The van der Waals surface area contributed by atoms with E-state index >= 15 is 0 Å². The van der Waals surface area contributed by atoms with Crippen molar-refractivity contribution in [2.45, 2.75) is 4.90 Å². The van der Waals surface area contributed by atoms with Crippen molar-refractivity contribution < 1.29 is 24.4 Å². The molecule has 10 heteroatoms. The van der Waals surface area contributed by atoms with Gasteiger partial charge in [0.05, 0.1) is 33.8 Å². The summed E-state index contributed by atoms with van der Waals surface area (Å²) in [5.74, 6) is 1.03. The van der Waals surface area contributed by atoms with Gasteiger partial charge >= 0.3 is 0 Å². The Balaban J connectivity index is 1.53. The van der Waals surface area contributed by atoms with E-state index in [2.05, 4.69) is 16.5 Å². The van der Waals surface area contributed by atoms with Gasteiger partial charge in [0.15, 0.2) is 0 Å². The monoisotopic (exact) mass is 473 g/mol. The number of non-ortho nitro benzene ring substituents is 1. The fourth-order valence-corrected chi connectivity index (χ4v) is 3.90. The van der Waals surface area contributed by atoms with Crippen LogP contribution in [-0.4, -0.2) is 39.2 Å². The number of para-hydroxylation sites is 2. The number of carbonyl (C=O) groups excluding carboxylic acids is 3. The Morgan fingerprint density at radius 3 is 2.32 bits per heavy atom. The number of nitrogens with zero attached hydrogens (tertiary/aromatic N) is 2. The van der Waals surface area contributed by atoms with Crippen LogP contribution in [0, 0.1) is 21.3 Å². The van der Waals surface area contributed by atoms with Crippen LogP contribution >= 0.6 is 11.8 Å². The molecule has 9 nitrogen and oxygen atoms in total. The molecule has 0 spiro atoms. The van der Waals surface area contributed by atoms with Crippen molar-refractivity contribution >= 4 is 40.9 Å². The van der Waals surface area contributed by atoms with Crippen molar-refractivity contribution in [2.24, 2.45) is 0 Å². The molecule has 3 amide bonds. The Kier molecular flexibility index (Phi) is 6.29. The lowest BCUT2D eigenvalue weighted by atomic mass is 10.1. The first kappa shape index (κ1) is 22.6. The maximum atomic E-state index is 12.8. The van der Waals surface area contributed by atoms with Gasteiger partial charge in [-0.2, -0.15) is 0 Å². The number of nitro groups is 1. The van der Waals surface area contributed by atoms with Crippen molar-refractivity contribution in [1.29, 1.82) is 0 Å². The Morgan fingerprint density at radius 1 is 1.03 bits per heavy atom. The fourth-order valence-electron chi connectivity index (χ4n) is 3.25. The third-order valence-electron chi connectivity index (χ3n) is 4.92. The van der Waals surface area contributed by atoms with E-state index in [4.69, 9.17) is 0 Å². The molecule has 0 aliphatic carbocycles. The highest BCUT2D eigenvalue weighted by Crippen LogP contribution is 2.29. The number of nitrogens with one attached hydrogen (secondary N) is 1. The number of imide groups is 1. The van der Waals surface area contributed by atoms with E-state index in [-0.39, 0.29) is 29.2 Å². The summed E-state index contributed by atoms with van der Waals surface area (Å²) in [7, 11) is 0. The predicted octanol–water partition coefficient (Wildman–Crippen LogP) is 3.90. The number of hydrogen-bond acceptors (Lipinski definition) is 7. The number of carbonyl (C=O) groups is 3. The van der Waals surface area contributed by atoms with Crippen molar-refractivity contribution in [2.75, 3.05) is 11.9 Å². The summed E-state index contributed by atoms with van der Waals surface area (Å²) in [4.78, 5) is 49.6. The molecule has 34 heavy (non-hydrogen) atoms. The minimum Gasteiger partial charge on any atom is -0.506 e. The van der Waals surface area contributed by atoms with Gasteiger partial charge in [-0.25, -0.2) is 0 Å². The molecule has 3 aromatic carbocycles. The molecule has 4 rings (SSSR count). The van der Waals surface area contributed by atoms with Gasteiger partial charge in [-0.1, -0.05) is 30.2 Å². The number of phenols is 1. The molecule has 0 fully saturated rings. The molecular formula is C24H15N3O6S. The van der Waals surface area contributed by atoms with Crippen LogP contribution in [0.3, 0.4) is 0 Å². The van der Waals surface area contributed by atoms with E-state index in [1.165, 1.54) is 24.3 Å². The van der Waals surface area contributed by atoms with E-state index in [1.807, 2.05) is 0 Å². The minimum absolute atomic E-state index is 0.0162. The summed E-state index contributed by atoms with van der Waals surface area (Å²) >= 11 is 0.924. The van der Waals surface area contributed by atoms with Gasteiger partial charge in [-0.05, 0) is 47.3 Å². The predicted molar refractivity (Wildman–Crippen MR) is 125 cm³/mol. The minimum atomic E-state index is -0.671. The van der Waals surface area contributed by atoms with Crippen molar-refractivity contribution in [3.63, 3.8) is 0 Å². The molecule has 0 saturated heterocycles. The van der Waals surface area contributed by atoms with Crippen LogP contribution in [0.25, 0.3) is 0 Å². The number of fused-ring (bicyclic) bond motifs is 1. The molecule has 0 atom stereocenters. The molecule has 0 unspecified atom stereocenters. The van der Waals surface area contributed by atoms with Crippen molar-refractivity contribution in [3.05, 3.63) is 93.5 Å². The van der Waals surface area contributed by atoms with E-state index in [0.29, 0.717) is 16.0 Å². The normalized spacial score (nSPS) is 12.1. The zero-order valence-electron chi connectivity index (χ0n) is 17.3. The van der Waals surface area contributed by atoms with Crippen LogP contribution in [0.4, 0.5) is 11.4 Å². The van der Waals surface area contributed by atoms with Crippen LogP contribution < -0.4 is 5.32 Å². The van der Waals surface area contributed by atoms with Crippen molar-refractivity contribution in [1.82, 2.24) is 4.90 Å². The van der Waals surface area contributed by atoms with Gasteiger partial charge in [0.1, 0.15) is 5.75 Å². The number of nitro benzene ring substituents is 1. The molecule has 3 aromatic rings. The summed E-state index contributed by atoms with van der Waals surface area (Å²) in [6.07, 6.45) is 0. The third-order valence-corrected chi connectivity index (χ3v) is 5.74. The summed E-state index contributed by atoms with van der Waals surface area (Å²) in [5, 5.41) is 26.3. The zero-order valence-corrected chi connectivity index (χ0v) is 18.2. The highest BCUT2D eigenvalue weighted by molar-refractivity contribution is 8.04. The summed E-state index contributed by atoms with van der Waals surface area (Å²) in [6, 6.07) is 16.3. The lowest BCUT2D eigenvalue weighted by Crippen LogP contribution is -2.29. The van der Waals surface area contributed by atoms with E-state index < -0.39 is 22.6 Å². The van der Waals surface area contributed by atoms with Crippen LogP contribution in [0.1, 0.15) is 31.1 Å². The van der Waals surface area contributed by atoms with Gasteiger partial charge in [0.2, 0.25) is 0 Å². The van der Waals surface area contributed by atoms with Gasteiger partial charge in [-0.3, -0.25) is 29.4 Å². The van der Waals surface area contributed by atoms with Crippen LogP contribution in [0.15, 0.2) is 71.6 Å². The number of amides is 3. The number of aromatic hydroxyl groups is 1. The lowest BCUT2D eigenvalue weighted by molar-refractivity contribution is -0.384. The standard InChI is InChI=1S/C24H15N3O6S/c28-20-9-4-3-8-19(20)25-22(29)18-14-15(27(32)33)10-11-21(18)34-13-5-12-26-23(30)16-6-1-2-7-17(16)24(26)31/h1-4,6-11,14,28H,12H2,(H,25,29). The van der Waals surface area contributed by atoms with E-state index in [9.17, 15) is 29.6 Å². The van der Waals surface area contributed by atoms with Gasteiger partial charge in [0.25, 0.3) is 23.4 Å². The fraction of sp³-hybridized carbons (Fsp3) is 0.0417. The summed E-state index contributed by atoms with van der Waals surface area (Å²) < 4.78 is 0. The average molecular weight is 473 g/mol. The number of rotatable bonds is 5. The molecule has 0 bridgehead atoms. The molecule has 168 valence electrons. The average Bonchev–Trinajstić information content (AvgIpc) is 3.08. The molecule has 1 aliphatic rings. The highest BCUT2D eigenvalue weighted by Gasteiger charge is 2.34. The molecule has 0 aromatic heterocycles. The van der Waals surface area contributed by atoms with Crippen LogP contribution in [0.2, 0.25) is 0 Å². The SMILES string of the molecule is O=C(Nc1ccccc1O)c1cc([N+](=O)[O-])ccc1SC#CCN1C(=O)c2ccccc2C1=O. The largest absolute Gasteiger partial charge is 0.506 e. The van der Waals surface area contributed by atoms with Gasteiger partial charge in [-0.15, -0.1) is 0 Å². The Labute approximate surface area is 197 Å². The van der Waals surface area contributed by atoms with E-state index in [1.54, 1.807) is 36.4 Å². The third kappa shape index (κ3) is 4.46. The second-order valence-electron chi connectivity index (χ2n) is 7.03.